The monoisotopic (exact) mass is 443 g/mol. The van der Waals surface area contributed by atoms with Gasteiger partial charge in [0.1, 0.15) is 5.82 Å². The Kier molecular flexibility index (Phi) is 8.61. The molecule has 0 N–H and O–H groups in total. The van der Waals surface area contributed by atoms with Crippen molar-refractivity contribution in [2.45, 2.75) is 72.6 Å². The summed E-state index contributed by atoms with van der Waals surface area (Å²) in [5.41, 5.74) is 8.65. The van der Waals surface area contributed by atoms with E-state index in [0.29, 0.717) is 11.5 Å². The molecule has 0 fully saturated rings. The molecule has 2 aromatic carbocycles. The molecule has 1 nitrogen and oxygen atoms in total. The van der Waals surface area contributed by atoms with E-state index < -0.39 is 0 Å². The van der Waals surface area contributed by atoms with Crippen molar-refractivity contribution in [3.8, 4) is 11.1 Å². The SMILES string of the molecule is C=C/C(=C\C=CC)C1=Nc2c(CC)cc(-c3cccc(F)c3C)cc2C(CCCCC)C1C. The summed E-state index contributed by atoms with van der Waals surface area (Å²) in [6.45, 7) is 14.7. The van der Waals surface area contributed by atoms with Crippen LogP contribution in [0.1, 0.15) is 76.0 Å². The fraction of sp³-hybridized carbons (Fsp3) is 0.387. The van der Waals surface area contributed by atoms with Crippen LogP contribution < -0.4 is 0 Å². The summed E-state index contributed by atoms with van der Waals surface area (Å²) >= 11 is 0. The molecule has 0 spiro atoms. The highest BCUT2D eigenvalue weighted by Crippen LogP contribution is 2.46. The first-order valence-electron chi connectivity index (χ1n) is 12.4. The molecule has 2 unspecified atom stereocenters. The van der Waals surface area contributed by atoms with Gasteiger partial charge in [-0.25, -0.2) is 4.39 Å². The lowest BCUT2D eigenvalue weighted by Crippen LogP contribution is -2.25. The van der Waals surface area contributed by atoms with Gasteiger partial charge in [0.15, 0.2) is 0 Å². The molecular weight excluding hydrogens is 405 g/mol. The minimum absolute atomic E-state index is 0.152. The Hall–Kier alpha value is -2.74. The number of aliphatic imine (C=N–C) groups is 1. The normalized spacial score (nSPS) is 18.4. The molecule has 0 bridgehead atoms. The van der Waals surface area contributed by atoms with Crippen LogP contribution in [0.15, 0.2) is 71.8 Å². The van der Waals surface area contributed by atoms with Crippen LogP contribution in [-0.2, 0) is 6.42 Å². The zero-order chi connectivity index (χ0) is 24.0. The van der Waals surface area contributed by atoms with Gasteiger partial charge in [-0.05, 0) is 84.2 Å². The van der Waals surface area contributed by atoms with Crippen molar-refractivity contribution in [3.63, 3.8) is 0 Å². The van der Waals surface area contributed by atoms with Crippen molar-refractivity contribution in [1.29, 1.82) is 0 Å². The number of fused-ring (bicyclic) bond motifs is 1. The number of halogens is 1. The van der Waals surface area contributed by atoms with Crippen LogP contribution in [0.2, 0.25) is 0 Å². The molecule has 0 aromatic heterocycles. The molecule has 0 amide bonds. The Labute approximate surface area is 199 Å². The summed E-state index contributed by atoms with van der Waals surface area (Å²) in [5, 5.41) is 0. The van der Waals surface area contributed by atoms with Gasteiger partial charge < -0.3 is 0 Å². The highest BCUT2D eigenvalue weighted by Gasteiger charge is 2.32. The predicted octanol–water partition coefficient (Wildman–Crippen LogP) is 9.44. The zero-order valence-corrected chi connectivity index (χ0v) is 20.9. The second-order valence-corrected chi connectivity index (χ2v) is 9.08. The minimum atomic E-state index is -0.152. The van der Waals surface area contributed by atoms with Gasteiger partial charge in [-0.3, -0.25) is 4.99 Å². The molecule has 2 aromatic rings. The maximum atomic E-state index is 14.4. The van der Waals surface area contributed by atoms with Crippen LogP contribution in [0, 0.1) is 18.7 Å². The second-order valence-electron chi connectivity index (χ2n) is 9.08. The van der Waals surface area contributed by atoms with Crippen LogP contribution in [0.3, 0.4) is 0 Å². The number of nitrogens with zero attached hydrogens (tertiary/aromatic N) is 1. The average molecular weight is 444 g/mol. The fourth-order valence-corrected chi connectivity index (χ4v) is 4.97. The third kappa shape index (κ3) is 5.27. The smallest absolute Gasteiger partial charge is 0.126 e. The first kappa shape index (κ1) is 24.9. The van der Waals surface area contributed by atoms with Gasteiger partial charge in [0.2, 0.25) is 0 Å². The molecule has 1 heterocycles. The van der Waals surface area contributed by atoms with E-state index in [9.17, 15) is 4.39 Å². The number of benzene rings is 2. The van der Waals surface area contributed by atoms with Gasteiger partial charge in [-0.15, -0.1) is 0 Å². The van der Waals surface area contributed by atoms with E-state index in [-0.39, 0.29) is 11.7 Å². The maximum Gasteiger partial charge on any atom is 0.126 e. The van der Waals surface area contributed by atoms with Crippen molar-refractivity contribution < 1.29 is 4.39 Å². The topological polar surface area (TPSA) is 12.4 Å². The first-order chi connectivity index (χ1) is 16.0. The molecular formula is C31H38FN. The summed E-state index contributed by atoms with van der Waals surface area (Å²) < 4.78 is 14.4. The third-order valence-corrected chi connectivity index (χ3v) is 6.95. The van der Waals surface area contributed by atoms with Gasteiger partial charge in [-0.1, -0.05) is 83.0 Å². The molecule has 1 aliphatic heterocycles. The molecule has 0 radical (unpaired) electrons. The molecule has 0 saturated heterocycles. The molecule has 2 heteroatoms. The van der Waals surface area contributed by atoms with Gasteiger partial charge in [-0.2, -0.15) is 0 Å². The van der Waals surface area contributed by atoms with E-state index >= 15 is 0 Å². The highest BCUT2D eigenvalue weighted by atomic mass is 19.1. The second kappa shape index (κ2) is 11.4. The van der Waals surface area contributed by atoms with Gasteiger partial charge in [0, 0.05) is 5.92 Å². The number of unbranched alkanes of at least 4 members (excludes halogenated alkanes) is 2. The number of hydrogen-bond donors (Lipinski definition) is 0. The van der Waals surface area contributed by atoms with Crippen LogP contribution in [0.5, 0.6) is 0 Å². The lowest BCUT2D eigenvalue weighted by Gasteiger charge is -2.33. The quantitative estimate of drug-likeness (QED) is 0.270. The Bertz CT molecular complexity index is 1090. The van der Waals surface area contributed by atoms with E-state index in [1.807, 2.05) is 38.1 Å². The van der Waals surface area contributed by atoms with Crippen LogP contribution >= 0.6 is 0 Å². The number of allylic oxidation sites excluding steroid dienone is 5. The zero-order valence-electron chi connectivity index (χ0n) is 20.9. The molecule has 1 aliphatic rings. The first-order valence-corrected chi connectivity index (χ1v) is 12.4. The molecule has 3 rings (SSSR count). The van der Waals surface area contributed by atoms with Crippen molar-refractivity contribution in [1.82, 2.24) is 0 Å². The number of rotatable bonds is 9. The van der Waals surface area contributed by atoms with E-state index in [0.717, 1.165) is 40.9 Å². The Morgan fingerprint density at radius 2 is 1.97 bits per heavy atom. The Balaban J connectivity index is 2.24. The van der Waals surface area contributed by atoms with E-state index in [1.54, 1.807) is 0 Å². The predicted molar refractivity (Wildman–Crippen MR) is 142 cm³/mol. The van der Waals surface area contributed by atoms with Crippen molar-refractivity contribution in [2.75, 3.05) is 0 Å². The summed E-state index contributed by atoms with van der Waals surface area (Å²) in [6.07, 6.45) is 13.8. The van der Waals surface area contributed by atoms with Crippen molar-refractivity contribution in [2.24, 2.45) is 10.9 Å². The largest absolute Gasteiger partial charge is 0.252 e. The highest BCUT2D eigenvalue weighted by molar-refractivity contribution is 6.07. The molecule has 174 valence electrons. The Morgan fingerprint density at radius 3 is 2.64 bits per heavy atom. The van der Waals surface area contributed by atoms with Crippen molar-refractivity contribution >= 4 is 11.4 Å². The lowest BCUT2D eigenvalue weighted by atomic mass is 9.74. The van der Waals surface area contributed by atoms with Crippen molar-refractivity contribution in [3.05, 3.63) is 89.3 Å². The molecule has 2 atom stereocenters. The van der Waals surface area contributed by atoms with Crippen LogP contribution in [0.4, 0.5) is 10.1 Å². The van der Waals surface area contributed by atoms with E-state index in [2.05, 4.69) is 51.6 Å². The third-order valence-electron chi connectivity index (χ3n) is 6.95. The van der Waals surface area contributed by atoms with E-state index in [4.69, 9.17) is 4.99 Å². The average Bonchev–Trinajstić information content (AvgIpc) is 2.82. The van der Waals surface area contributed by atoms with Gasteiger partial charge in [0.05, 0.1) is 11.4 Å². The summed E-state index contributed by atoms with van der Waals surface area (Å²) in [5.74, 6) is 0.519. The van der Waals surface area contributed by atoms with Gasteiger partial charge in [0.25, 0.3) is 0 Å². The number of hydrogen-bond acceptors (Lipinski definition) is 1. The lowest BCUT2D eigenvalue weighted by molar-refractivity contribution is 0.495. The summed E-state index contributed by atoms with van der Waals surface area (Å²) in [7, 11) is 0. The Morgan fingerprint density at radius 1 is 1.18 bits per heavy atom. The van der Waals surface area contributed by atoms with Crippen LogP contribution in [-0.4, -0.2) is 5.71 Å². The summed E-state index contributed by atoms with van der Waals surface area (Å²) in [6, 6.07) is 9.88. The minimum Gasteiger partial charge on any atom is -0.252 e. The molecule has 33 heavy (non-hydrogen) atoms. The molecule has 0 saturated carbocycles. The maximum absolute atomic E-state index is 14.4. The summed E-state index contributed by atoms with van der Waals surface area (Å²) in [4.78, 5) is 5.24. The van der Waals surface area contributed by atoms with E-state index in [1.165, 1.54) is 36.5 Å². The van der Waals surface area contributed by atoms with Gasteiger partial charge >= 0.3 is 0 Å². The fourth-order valence-electron chi connectivity index (χ4n) is 4.97. The number of aryl methyl sites for hydroxylation is 1. The standard InChI is InChI=1S/C31H38FN/c1-7-11-13-16-27-22(6)30(23(9-3)15-12-8-2)33-31-24(10-4)19-25(20-28(27)31)26-17-14-18-29(32)21(26)5/h8-9,12,14-15,17-20,22,27H,3,7,10-11,13,16H2,1-2,4-6H3/b12-8?,23-15+. The van der Waals surface area contributed by atoms with Crippen LogP contribution in [0.25, 0.3) is 11.1 Å². The molecule has 0 aliphatic carbocycles.